The molecule has 0 fully saturated rings. The van der Waals surface area contributed by atoms with Crippen molar-refractivity contribution < 1.29 is 8.60 Å². The van der Waals surface area contributed by atoms with E-state index in [1.165, 1.54) is 6.07 Å². The molecule has 0 saturated heterocycles. The summed E-state index contributed by atoms with van der Waals surface area (Å²) >= 11 is 0. The molecular formula is C20H27FIN3OS. The maximum absolute atomic E-state index is 13.2. The Morgan fingerprint density at radius 2 is 1.89 bits per heavy atom. The largest absolute Gasteiger partial charge is 0.357 e. The summed E-state index contributed by atoms with van der Waals surface area (Å²) in [6, 6.07) is 14.3. The summed E-state index contributed by atoms with van der Waals surface area (Å²) in [5.74, 6) is 0.982. The number of aryl methyl sites for hydroxylation is 1. The summed E-state index contributed by atoms with van der Waals surface area (Å²) in [6.45, 7) is 5.84. The normalized spacial score (nSPS) is 12.2. The molecule has 0 aliphatic rings. The lowest BCUT2D eigenvalue weighted by atomic mass is 10.1. The highest BCUT2D eigenvalue weighted by atomic mass is 127. The number of aliphatic imine (C=N–C) groups is 1. The third-order valence-corrected chi connectivity index (χ3v) is 5.24. The second-order valence-electron chi connectivity index (χ2n) is 5.87. The molecule has 0 spiro atoms. The van der Waals surface area contributed by atoms with Crippen molar-refractivity contribution in [2.45, 2.75) is 25.2 Å². The Morgan fingerprint density at radius 1 is 1.15 bits per heavy atom. The highest BCUT2D eigenvalue weighted by Gasteiger charge is 2.04. The van der Waals surface area contributed by atoms with E-state index in [0.717, 1.165) is 29.0 Å². The predicted molar refractivity (Wildman–Crippen MR) is 122 cm³/mol. The van der Waals surface area contributed by atoms with Crippen LogP contribution in [0.5, 0.6) is 0 Å². The van der Waals surface area contributed by atoms with Gasteiger partial charge < -0.3 is 10.6 Å². The van der Waals surface area contributed by atoms with Gasteiger partial charge in [0.15, 0.2) is 5.96 Å². The molecule has 0 aliphatic carbocycles. The molecule has 27 heavy (non-hydrogen) atoms. The van der Waals surface area contributed by atoms with Crippen LogP contribution in [-0.2, 0) is 17.2 Å². The zero-order valence-corrected chi connectivity index (χ0v) is 18.9. The molecule has 0 bridgehead atoms. The van der Waals surface area contributed by atoms with Crippen LogP contribution in [0.3, 0.4) is 0 Å². The maximum Gasteiger partial charge on any atom is 0.191 e. The van der Waals surface area contributed by atoms with Crippen molar-refractivity contribution in [1.29, 1.82) is 0 Å². The van der Waals surface area contributed by atoms with Gasteiger partial charge in [-0.15, -0.1) is 24.0 Å². The van der Waals surface area contributed by atoms with E-state index in [0.29, 0.717) is 24.8 Å². The number of nitrogens with one attached hydrogen (secondary N) is 2. The molecule has 7 heteroatoms. The Morgan fingerprint density at radius 3 is 2.56 bits per heavy atom. The van der Waals surface area contributed by atoms with Gasteiger partial charge in [0.1, 0.15) is 5.82 Å². The molecule has 2 rings (SSSR count). The Bertz CT molecular complexity index is 756. The molecule has 2 aromatic rings. The third-order valence-electron chi connectivity index (χ3n) is 3.89. The molecule has 1 atom stereocenters. The van der Waals surface area contributed by atoms with Crippen LogP contribution in [0.2, 0.25) is 0 Å². The van der Waals surface area contributed by atoms with Gasteiger partial charge in [0.2, 0.25) is 0 Å². The Kier molecular flexibility index (Phi) is 11.2. The first kappa shape index (κ1) is 23.6. The number of halogens is 2. The molecule has 0 heterocycles. The summed E-state index contributed by atoms with van der Waals surface area (Å²) in [5.41, 5.74) is 2.06. The van der Waals surface area contributed by atoms with Crippen LogP contribution < -0.4 is 10.6 Å². The quantitative estimate of drug-likeness (QED) is 0.329. The van der Waals surface area contributed by atoms with E-state index in [-0.39, 0.29) is 29.8 Å². The Balaban J connectivity index is 0.00000364. The number of hydrogen-bond donors (Lipinski definition) is 2. The molecule has 0 aromatic heterocycles. The van der Waals surface area contributed by atoms with Crippen molar-refractivity contribution in [3.8, 4) is 0 Å². The minimum atomic E-state index is -1.04. The van der Waals surface area contributed by atoms with Crippen molar-refractivity contribution in [3.63, 3.8) is 0 Å². The number of hydrogen-bond acceptors (Lipinski definition) is 2. The average molecular weight is 503 g/mol. The highest BCUT2D eigenvalue weighted by Crippen LogP contribution is 2.10. The minimum Gasteiger partial charge on any atom is -0.357 e. The van der Waals surface area contributed by atoms with E-state index in [9.17, 15) is 8.60 Å². The smallest absolute Gasteiger partial charge is 0.191 e. The van der Waals surface area contributed by atoms with E-state index in [1.54, 1.807) is 6.07 Å². The van der Waals surface area contributed by atoms with E-state index < -0.39 is 10.8 Å². The first-order valence-corrected chi connectivity index (χ1v) is 10.1. The van der Waals surface area contributed by atoms with E-state index in [2.05, 4.69) is 15.6 Å². The van der Waals surface area contributed by atoms with Gasteiger partial charge in [0.25, 0.3) is 0 Å². The molecule has 0 radical (unpaired) electrons. The fraction of sp³-hybridized carbons (Fsp3) is 0.350. The summed E-state index contributed by atoms with van der Waals surface area (Å²) in [7, 11) is -1.04. The van der Waals surface area contributed by atoms with E-state index in [1.807, 2.05) is 50.2 Å². The van der Waals surface area contributed by atoms with Crippen LogP contribution in [0.15, 0.2) is 58.4 Å². The highest BCUT2D eigenvalue weighted by molar-refractivity contribution is 14.0. The molecule has 0 aliphatic heterocycles. The first-order chi connectivity index (χ1) is 12.6. The fourth-order valence-electron chi connectivity index (χ4n) is 2.53. The van der Waals surface area contributed by atoms with Crippen molar-refractivity contribution in [1.82, 2.24) is 10.6 Å². The summed E-state index contributed by atoms with van der Waals surface area (Å²) < 4.78 is 25.4. The zero-order valence-electron chi connectivity index (χ0n) is 15.7. The van der Waals surface area contributed by atoms with Crippen LogP contribution >= 0.6 is 24.0 Å². The summed E-state index contributed by atoms with van der Waals surface area (Å²) in [4.78, 5) is 5.31. The molecule has 1 unspecified atom stereocenters. The van der Waals surface area contributed by atoms with Gasteiger partial charge in [-0.2, -0.15) is 0 Å². The third kappa shape index (κ3) is 8.38. The van der Waals surface area contributed by atoms with Crippen LogP contribution in [0.4, 0.5) is 4.39 Å². The average Bonchev–Trinajstić information content (AvgIpc) is 2.64. The van der Waals surface area contributed by atoms with Crippen molar-refractivity contribution in [2.24, 2.45) is 4.99 Å². The van der Waals surface area contributed by atoms with Gasteiger partial charge in [-0.3, -0.25) is 9.20 Å². The van der Waals surface area contributed by atoms with Gasteiger partial charge in [-0.05, 0) is 55.7 Å². The van der Waals surface area contributed by atoms with Crippen LogP contribution in [-0.4, -0.2) is 35.6 Å². The van der Waals surface area contributed by atoms with Gasteiger partial charge in [-0.25, -0.2) is 4.39 Å². The van der Waals surface area contributed by atoms with Gasteiger partial charge in [0.05, 0.1) is 17.3 Å². The Hall–Kier alpha value is -1.48. The molecule has 2 aromatic carbocycles. The second kappa shape index (κ2) is 12.8. The standard InChI is InChI=1S/C20H26FN3OS.HI/c1-3-22-20(23-12-11-17-9-10-18(21)15-16(17)2)24-13-14-26(25)19-7-5-4-6-8-19;/h4-10,15H,3,11-14H2,1-2H3,(H2,22,23,24);1H. The minimum absolute atomic E-state index is 0. The lowest BCUT2D eigenvalue weighted by molar-refractivity contribution is 0.625. The maximum atomic E-state index is 13.2. The van der Waals surface area contributed by atoms with E-state index >= 15 is 0 Å². The first-order valence-electron chi connectivity index (χ1n) is 8.80. The molecule has 4 nitrogen and oxygen atoms in total. The van der Waals surface area contributed by atoms with Gasteiger partial charge in [-0.1, -0.05) is 24.3 Å². The topological polar surface area (TPSA) is 53.5 Å². The molecule has 0 saturated carbocycles. The van der Waals surface area contributed by atoms with Crippen molar-refractivity contribution in [3.05, 3.63) is 65.5 Å². The fourth-order valence-corrected chi connectivity index (χ4v) is 3.48. The molecule has 0 amide bonds. The van der Waals surface area contributed by atoms with Gasteiger partial charge >= 0.3 is 0 Å². The Labute approximate surface area is 180 Å². The van der Waals surface area contributed by atoms with Crippen molar-refractivity contribution >= 4 is 40.7 Å². The van der Waals surface area contributed by atoms with Crippen LogP contribution in [0.25, 0.3) is 0 Å². The number of nitrogens with zero attached hydrogens (tertiary/aromatic N) is 1. The van der Waals surface area contributed by atoms with E-state index in [4.69, 9.17) is 0 Å². The number of rotatable bonds is 8. The van der Waals surface area contributed by atoms with Crippen LogP contribution in [0.1, 0.15) is 18.1 Å². The lowest BCUT2D eigenvalue weighted by Crippen LogP contribution is -2.38. The van der Waals surface area contributed by atoms with Crippen molar-refractivity contribution in [2.75, 3.05) is 25.4 Å². The molecule has 148 valence electrons. The monoisotopic (exact) mass is 503 g/mol. The SMILES string of the molecule is CCNC(=NCCS(=O)c1ccccc1)NCCc1ccc(F)cc1C.I. The summed E-state index contributed by atoms with van der Waals surface area (Å²) in [5, 5.41) is 6.46. The van der Waals surface area contributed by atoms with Crippen LogP contribution in [0, 0.1) is 12.7 Å². The zero-order chi connectivity index (χ0) is 18.8. The lowest BCUT2D eigenvalue weighted by Gasteiger charge is -2.12. The molecule has 2 N–H and O–H groups in total. The number of benzene rings is 2. The number of guanidine groups is 1. The predicted octanol–water partition coefficient (Wildman–Crippen LogP) is 3.66. The summed E-state index contributed by atoms with van der Waals surface area (Å²) in [6.07, 6.45) is 0.784. The molecular weight excluding hydrogens is 476 g/mol. The second-order valence-corrected chi connectivity index (χ2v) is 7.44. The van der Waals surface area contributed by atoms with Gasteiger partial charge in [0, 0.05) is 23.7 Å².